The fourth-order valence-corrected chi connectivity index (χ4v) is 3.50. The van der Waals surface area contributed by atoms with Gasteiger partial charge < -0.3 is 4.90 Å². The van der Waals surface area contributed by atoms with Crippen molar-refractivity contribution in [2.45, 2.75) is 25.8 Å². The predicted molar refractivity (Wildman–Crippen MR) is 70.6 cm³/mol. The first kappa shape index (κ1) is 10.7. The minimum atomic E-state index is 0.855. The van der Waals surface area contributed by atoms with Gasteiger partial charge in [-0.15, -0.1) is 0 Å². The first-order valence-corrected chi connectivity index (χ1v) is 7.07. The molecule has 2 atom stereocenters. The summed E-state index contributed by atoms with van der Waals surface area (Å²) in [5.74, 6) is 2.77. The summed E-state index contributed by atoms with van der Waals surface area (Å²) in [4.78, 5) is 14.0. The van der Waals surface area contributed by atoms with E-state index >= 15 is 0 Å². The van der Waals surface area contributed by atoms with Crippen molar-refractivity contribution in [1.82, 2.24) is 14.9 Å². The predicted octanol–water partition coefficient (Wildman–Crippen LogP) is 1.32. The van der Waals surface area contributed by atoms with Gasteiger partial charge in [0.05, 0.1) is 18.1 Å². The number of rotatable bonds is 2. The molecule has 4 heteroatoms. The number of hydrogen-bond acceptors (Lipinski definition) is 4. The van der Waals surface area contributed by atoms with Crippen LogP contribution in [0.3, 0.4) is 0 Å². The summed E-state index contributed by atoms with van der Waals surface area (Å²) in [6.45, 7) is 6.95. The molecule has 0 N–H and O–H groups in total. The highest BCUT2D eigenvalue weighted by Crippen LogP contribution is 2.38. The van der Waals surface area contributed by atoms with Gasteiger partial charge >= 0.3 is 0 Å². The van der Waals surface area contributed by atoms with E-state index < -0.39 is 0 Å². The van der Waals surface area contributed by atoms with Gasteiger partial charge in [0.1, 0.15) is 5.82 Å². The smallest absolute Gasteiger partial charge is 0.147 e. The molecule has 3 fully saturated rings. The maximum atomic E-state index is 4.50. The van der Waals surface area contributed by atoms with E-state index in [1.54, 1.807) is 0 Å². The summed E-state index contributed by atoms with van der Waals surface area (Å²) in [5, 5.41) is 0. The van der Waals surface area contributed by atoms with Gasteiger partial charge in [-0.1, -0.05) is 0 Å². The van der Waals surface area contributed by atoms with Gasteiger partial charge in [-0.2, -0.15) is 0 Å². The minimum Gasteiger partial charge on any atom is -0.355 e. The zero-order valence-corrected chi connectivity index (χ0v) is 10.9. The van der Waals surface area contributed by atoms with Crippen LogP contribution >= 0.6 is 0 Å². The van der Waals surface area contributed by atoms with E-state index in [0.717, 1.165) is 29.4 Å². The van der Waals surface area contributed by atoms with Crippen molar-refractivity contribution in [3.8, 4) is 0 Å². The molecule has 0 radical (unpaired) electrons. The van der Waals surface area contributed by atoms with Crippen molar-refractivity contribution in [3.05, 3.63) is 18.1 Å². The zero-order chi connectivity index (χ0) is 12.1. The third kappa shape index (κ3) is 1.79. The Morgan fingerprint density at radius 3 is 2.28 bits per heavy atom. The fraction of sp³-hybridized carbons (Fsp3) is 0.714. The minimum absolute atomic E-state index is 0.855. The number of hydrogen-bond donors (Lipinski definition) is 0. The molecule has 1 aromatic rings. The Morgan fingerprint density at radius 1 is 1.00 bits per heavy atom. The molecule has 0 bridgehead atoms. The van der Waals surface area contributed by atoms with Gasteiger partial charge in [0.25, 0.3) is 0 Å². The van der Waals surface area contributed by atoms with E-state index in [2.05, 4.69) is 19.8 Å². The summed E-state index contributed by atoms with van der Waals surface area (Å²) in [6.07, 6.45) is 6.67. The number of fused-ring (bicyclic) bond motifs is 1. The van der Waals surface area contributed by atoms with Gasteiger partial charge in [-0.3, -0.25) is 9.88 Å². The summed E-state index contributed by atoms with van der Waals surface area (Å²) >= 11 is 0. The quantitative estimate of drug-likeness (QED) is 0.785. The molecule has 3 aliphatic rings. The Hall–Kier alpha value is -1.16. The van der Waals surface area contributed by atoms with Gasteiger partial charge in [-0.05, 0) is 31.6 Å². The Balaban J connectivity index is 1.44. The lowest BCUT2D eigenvalue weighted by Gasteiger charge is -2.21. The number of likely N-dealkylation sites (tertiary alicyclic amines) is 1. The normalized spacial score (nSPS) is 31.9. The van der Waals surface area contributed by atoms with Gasteiger partial charge in [0.2, 0.25) is 0 Å². The maximum Gasteiger partial charge on any atom is 0.147 e. The van der Waals surface area contributed by atoms with Gasteiger partial charge in [-0.25, -0.2) is 4.98 Å². The number of aryl methyl sites for hydroxylation is 1. The van der Waals surface area contributed by atoms with E-state index in [-0.39, 0.29) is 0 Å². The molecule has 1 saturated carbocycles. The average molecular weight is 244 g/mol. The molecule has 4 nitrogen and oxygen atoms in total. The van der Waals surface area contributed by atoms with Crippen molar-refractivity contribution >= 4 is 5.82 Å². The van der Waals surface area contributed by atoms with E-state index in [9.17, 15) is 0 Å². The van der Waals surface area contributed by atoms with Crippen molar-refractivity contribution in [3.63, 3.8) is 0 Å². The van der Waals surface area contributed by atoms with Crippen LogP contribution in [0.2, 0.25) is 0 Å². The van der Waals surface area contributed by atoms with E-state index in [1.165, 1.54) is 39.0 Å². The van der Waals surface area contributed by atoms with Crippen LogP contribution in [0.5, 0.6) is 0 Å². The molecule has 4 rings (SSSR count). The van der Waals surface area contributed by atoms with Crippen LogP contribution in [-0.4, -0.2) is 47.1 Å². The van der Waals surface area contributed by atoms with Crippen LogP contribution in [0, 0.1) is 18.8 Å². The molecule has 0 aromatic carbocycles. The monoisotopic (exact) mass is 244 g/mol. The lowest BCUT2D eigenvalue weighted by atomic mass is 10.0. The average Bonchev–Trinajstić information content (AvgIpc) is 3.02. The van der Waals surface area contributed by atoms with Crippen molar-refractivity contribution in [2.24, 2.45) is 11.8 Å². The highest BCUT2D eigenvalue weighted by Gasteiger charge is 2.44. The topological polar surface area (TPSA) is 32.3 Å². The molecule has 2 unspecified atom stereocenters. The van der Waals surface area contributed by atoms with Gasteiger partial charge in [0, 0.05) is 32.2 Å². The second-order valence-corrected chi connectivity index (χ2v) is 6.13. The molecule has 0 spiro atoms. The Labute approximate surface area is 108 Å². The van der Waals surface area contributed by atoms with Gasteiger partial charge in [0.15, 0.2) is 0 Å². The molecular formula is C14H20N4. The van der Waals surface area contributed by atoms with Crippen LogP contribution in [0.25, 0.3) is 0 Å². The second kappa shape index (κ2) is 3.92. The highest BCUT2D eigenvalue weighted by atomic mass is 15.3. The molecule has 1 aliphatic carbocycles. The molecule has 18 heavy (non-hydrogen) atoms. The third-order valence-corrected chi connectivity index (χ3v) is 4.67. The summed E-state index contributed by atoms with van der Waals surface area (Å²) in [7, 11) is 0. The van der Waals surface area contributed by atoms with Crippen LogP contribution in [0.15, 0.2) is 12.4 Å². The van der Waals surface area contributed by atoms with Crippen LogP contribution in [0.1, 0.15) is 18.5 Å². The first-order valence-electron chi connectivity index (χ1n) is 7.07. The number of nitrogens with zero attached hydrogens (tertiary/aromatic N) is 4. The fourth-order valence-electron chi connectivity index (χ4n) is 3.50. The lowest BCUT2D eigenvalue weighted by Crippen LogP contribution is -2.30. The summed E-state index contributed by atoms with van der Waals surface area (Å²) in [6, 6.07) is 0.934. The Bertz CT molecular complexity index is 426. The maximum absolute atomic E-state index is 4.50. The molecular weight excluding hydrogens is 224 g/mol. The van der Waals surface area contributed by atoms with Crippen molar-refractivity contribution in [1.29, 1.82) is 0 Å². The van der Waals surface area contributed by atoms with E-state index in [4.69, 9.17) is 0 Å². The largest absolute Gasteiger partial charge is 0.355 e. The highest BCUT2D eigenvalue weighted by molar-refractivity contribution is 5.38. The van der Waals surface area contributed by atoms with Crippen LogP contribution in [0.4, 0.5) is 5.82 Å². The third-order valence-electron chi connectivity index (χ3n) is 4.67. The Morgan fingerprint density at radius 2 is 1.72 bits per heavy atom. The van der Waals surface area contributed by atoms with Crippen LogP contribution < -0.4 is 4.90 Å². The van der Waals surface area contributed by atoms with Crippen molar-refractivity contribution < 1.29 is 0 Å². The lowest BCUT2D eigenvalue weighted by molar-refractivity contribution is 0.306. The second-order valence-electron chi connectivity index (χ2n) is 6.13. The molecule has 0 amide bonds. The van der Waals surface area contributed by atoms with E-state index in [1.807, 2.05) is 19.3 Å². The molecule has 3 heterocycles. The zero-order valence-electron chi connectivity index (χ0n) is 10.9. The van der Waals surface area contributed by atoms with E-state index in [0.29, 0.717) is 0 Å². The first-order chi connectivity index (χ1) is 8.79. The number of aromatic nitrogens is 2. The SMILES string of the molecule is Cc1cnc(N2CC3CN(C4CC4)CC3C2)cn1. The molecule has 96 valence electrons. The summed E-state index contributed by atoms with van der Waals surface area (Å²) in [5.41, 5.74) is 0.998. The standard InChI is InChI=1S/C14H20N4/c1-10-4-16-14(5-15-10)18-8-11-6-17(13-2-3-13)7-12(11)9-18/h4-5,11-13H,2-3,6-9H2,1H3. The molecule has 2 aliphatic heterocycles. The Kier molecular flexibility index (Phi) is 2.34. The van der Waals surface area contributed by atoms with Crippen LogP contribution in [-0.2, 0) is 0 Å². The van der Waals surface area contributed by atoms with Crippen molar-refractivity contribution in [2.75, 3.05) is 31.1 Å². The molecule has 2 saturated heterocycles. The summed E-state index contributed by atoms with van der Waals surface area (Å²) < 4.78 is 0. The number of anilines is 1. The molecule has 1 aromatic heterocycles.